The van der Waals surface area contributed by atoms with E-state index in [1.807, 2.05) is 6.92 Å². The van der Waals surface area contributed by atoms with Crippen molar-refractivity contribution < 1.29 is 23.9 Å². The van der Waals surface area contributed by atoms with E-state index >= 15 is 0 Å². The summed E-state index contributed by atoms with van der Waals surface area (Å²) in [4.78, 5) is 38.5. The van der Waals surface area contributed by atoms with Gasteiger partial charge < -0.3 is 9.47 Å². The number of carbonyl (C=O) groups excluding carboxylic acids is 3. The van der Waals surface area contributed by atoms with Gasteiger partial charge in [-0.2, -0.15) is 0 Å². The second kappa shape index (κ2) is 5.15. The third-order valence-corrected chi connectivity index (χ3v) is 6.02. The van der Waals surface area contributed by atoms with Crippen LogP contribution < -0.4 is 0 Å². The summed E-state index contributed by atoms with van der Waals surface area (Å²) in [7, 11) is 1.23. The Labute approximate surface area is 148 Å². The second-order valence-electron chi connectivity index (χ2n) is 6.89. The first-order chi connectivity index (χ1) is 11.2. The SMILES string of the molecule is CC[C@@]1(C(=O)c2ccc(Br)cc2)[C@H]2C(C)(C)OC(=O)[C@]21C(=O)OC. The van der Waals surface area contributed by atoms with Crippen LogP contribution in [0.3, 0.4) is 0 Å². The zero-order valence-electron chi connectivity index (χ0n) is 14.0. The number of hydrogen-bond donors (Lipinski definition) is 0. The van der Waals surface area contributed by atoms with Gasteiger partial charge in [-0.05, 0) is 32.4 Å². The number of methoxy groups -OCH3 is 1. The molecule has 2 fully saturated rings. The average molecular weight is 395 g/mol. The molecule has 0 spiro atoms. The van der Waals surface area contributed by atoms with Crippen molar-refractivity contribution in [2.75, 3.05) is 7.11 Å². The van der Waals surface area contributed by atoms with Gasteiger partial charge >= 0.3 is 11.9 Å². The largest absolute Gasteiger partial charge is 0.468 e. The Kier molecular flexibility index (Phi) is 3.68. The van der Waals surface area contributed by atoms with Gasteiger partial charge in [0.05, 0.1) is 12.5 Å². The normalized spacial score (nSPS) is 32.7. The lowest BCUT2D eigenvalue weighted by Gasteiger charge is -2.28. The van der Waals surface area contributed by atoms with Crippen LogP contribution in [-0.4, -0.2) is 30.4 Å². The van der Waals surface area contributed by atoms with Gasteiger partial charge in [0.25, 0.3) is 0 Å². The predicted molar refractivity (Wildman–Crippen MR) is 89.3 cm³/mol. The van der Waals surface area contributed by atoms with Crippen molar-refractivity contribution in [1.29, 1.82) is 0 Å². The van der Waals surface area contributed by atoms with Crippen molar-refractivity contribution in [1.82, 2.24) is 0 Å². The zero-order valence-corrected chi connectivity index (χ0v) is 15.6. The molecule has 0 aromatic heterocycles. The molecule has 1 saturated carbocycles. The van der Waals surface area contributed by atoms with Crippen LogP contribution in [0.25, 0.3) is 0 Å². The molecule has 2 aliphatic rings. The standard InChI is InChI=1S/C18H19BrO5/c1-5-17(12(20)10-6-8-11(19)9-7-10)13-16(2,3)24-15(22)18(13,17)14(21)23-4/h6-9,13H,5H2,1-4H3/t13-,17-,18-/m1/s1. The second-order valence-corrected chi connectivity index (χ2v) is 7.80. The van der Waals surface area contributed by atoms with E-state index < -0.39 is 34.3 Å². The third-order valence-electron chi connectivity index (χ3n) is 5.50. The number of halogens is 1. The minimum atomic E-state index is -1.54. The van der Waals surface area contributed by atoms with Crippen LogP contribution >= 0.6 is 15.9 Å². The third kappa shape index (κ3) is 1.78. The molecular weight excluding hydrogens is 376 g/mol. The summed E-state index contributed by atoms with van der Waals surface area (Å²) in [6.45, 7) is 5.31. The molecule has 0 N–H and O–H groups in total. The molecule has 5 nitrogen and oxygen atoms in total. The van der Waals surface area contributed by atoms with Crippen molar-refractivity contribution in [3.8, 4) is 0 Å². The van der Waals surface area contributed by atoms with Crippen LogP contribution in [0.4, 0.5) is 0 Å². The molecule has 3 atom stereocenters. The first-order valence-electron chi connectivity index (χ1n) is 7.82. The molecule has 1 aromatic rings. The van der Waals surface area contributed by atoms with Crippen molar-refractivity contribution in [2.24, 2.45) is 16.7 Å². The number of ketones is 1. The van der Waals surface area contributed by atoms with E-state index in [9.17, 15) is 14.4 Å². The summed E-state index contributed by atoms with van der Waals surface area (Å²) < 4.78 is 11.2. The number of esters is 2. The average Bonchev–Trinajstić information content (AvgIpc) is 3.14. The maximum Gasteiger partial charge on any atom is 0.325 e. The van der Waals surface area contributed by atoms with Crippen molar-refractivity contribution in [3.05, 3.63) is 34.3 Å². The van der Waals surface area contributed by atoms with E-state index in [1.165, 1.54) is 7.11 Å². The van der Waals surface area contributed by atoms with E-state index in [2.05, 4.69) is 15.9 Å². The van der Waals surface area contributed by atoms with Crippen LogP contribution in [0.2, 0.25) is 0 Å². The molecule has 0 unspecified atom stereocenters. The minimum absolute atomic E-state index is 0.211. The Morgan fingerprint density at radius 2 is 1.83 bits per heavy atom. The Bertz CT molecular complexity index is 738. The van der Waals surface area contributed by atoms with Crippen LogP contribution in [0.1, 0.15) is 37.6 Å². The number of cyclic esters (lactones) is 1. The Balaban J connectivity index is 2.16. The lowest BCUT2D eigenvalue weighted by atomic mass is 9.81. The summed E-state index contributed by atoms with van der Waals surface area (Å²) in [6, 6.07) is 6.93. The lowest BCUT2D eigenvalue weighted by Crippen LogP contribution is -2.40. The lowest BCUT2D eigenvalue weighted by molar-refractivity contribution is -0.165. The Morgan fingerprint density at radius 1 is 1.25 bits per heavy atom. The fourth-order valence-electron chi connectivity index (χ4n) is 4.68. The topological polar surface area (TPSA) is 69.7 Å². The smallest absolute Gasteiger partial charge is 0.325 e. The molecule has 6 heteroatoms. The number of hydrogen-bond acceptors (Lipinski definition) is 5. The van der Waals surface area contributed by atoms with Crippen LogP contribution in [0.5, 0.6) is 0 Å². The fourth-order valence-corrected chi connectivity index (χ4v) is 4.95. The van der Waals surface area contributed by atoms with Gasteiger partial charge in [-0.1, -0.05) is 35.0 Å². The van der Waals surface area contributed by atoms with E-state index in [0.29, 0.717) is 12.0 Å². The van der Waals surface area contributed by atoms with Gasteiger partial charge in [0.1, 0.15) is 5.60 Å². The number of carbonyl (C=O) groups is 3. The van der Waals surface area contributed by atoms with Crippen molar-refractivity contribution in [3.63, 3.8) is 0 Å². The monoisotopic (exact) mass is 394 g/mol. The van der Waals surface area contributed by atoms with E-state index in [0.717, 1.165) is 4.47 Å². The van der Waals surface area contributed by atoms with Crippen molar-refractivity contribution in [2.45, 2.75) is 32.8 Å². The summed E-state index contributed by atoms with van der Waals surface area (Å²) in [5.41, 5.74) is -3.08. The highest BCUT2D eigenvalue weighted by molar-refractivity contribution is 9.10. The van der Waals surface area contributed by atoms with E-state index in [1.54, 1.807) is 38.1 Å². The molecule has 0 radical (unpaired) electrons. The van der Waals surface area contributed by atoms with E-state index in [-0.39, 0.29) is 5.78 Å². The first kappa shape index (κ1) is 17.1. The number of fused-ring (bicyclic) bond motifs is 1. The molecule has 1 aliphatic carbocycles. The molecule has 24 heavy (non-hydrogen) atoms. The highest BCUT2D eigenvalue weighted by atomic mass is 79.9. The maximum atomic E-state index is 13.3. The molecule has 3 rings (SSSR count). The molecule has 0 amide bonds. The van der Waals surface area contributed by atoms with Gasteiger partial charge in [-0.3, -0.25) is 14.4 Å². The minimum Gasteiger partial charge on any atom is -0.468 e. The van der Waals surface area contributed by atoms with Crippen LogP contribution in [-0.2, 0) is 19.1 Å². The molecule has 1 heterocycles. The van der Waals surface area contributed by atoms with Gasteiger partial charge in [0.15, 0.2) is 11.2 Å². The van der Waals surface area contributed by atoms with Crippen molar-refractivity contribution >= 4 is 33.7 Å². The van der Waals surface area contributed by atoms with Gasteiger partial charge in [0, 0.05) is 16.0 Å². The Morgan fingerprint density at radius 3 is 2.33 bits per heavy atom. The van der Waals surface area contributed by atoms with Crippen LogP contribution in [0.15, 0.2) is 28.7 Å². The van der Waals surface area contributed by atoms with Gasteiger partial charge in [-0.15, -0.1) is 0 Å². The molecule has 0 bridgehead atoms. The number of rotatable bonds is 4. The summed E-state index contributed by atoms with van der Waals surface area (Å²) in [5, 5.41) is 0. The highest BCUT2D eigenvalue weighted by Gasteiger charge is 2.95. The van der Waals surface area contributed by atoms with Gasteiger partial charge in [0.2, 0.25) is 0 Å². The highest BCUT2D eigenvalue weighted by Crippen LogP contribution is 2.80. The number of benzene rings is 1. The zero-order chi connectivity index (χ0) is 17.9. The Hall–Kier alpha value is -1.69. The summed E-state index contributed by atoms with van der Waals surface area (Å²) in [5.74, 6) is -2.08. The predicted octanol–water partition coefficient (Wildman–Crippen LogP) is 3.15. The summed E-state index contributed by atoms with van der Waals surface area (Å²) in [6.07, 6.45) is 0.361. The fraction of sp³-hybridized carbons (Fsp3) is 0.500. The maximum absolute atomic E-state index is 13.3. The van der Waals surface area contributed by atoms with Crippen LogP contribution in [0, 0.1) is 16.7 Å². The molecule has 1 saturated heterocycles. The summed E-state index contributed by atoms with van der Waals surface area (Å²) >= 11 is 3.34. The van der Waals surface area contributed by atoms with E-state index in [4.69, 9.17) is 9.47 Å². The van der Waals surface area contributed by atoms with Gasteiger partial charge in [-0.25, -0.2) is 0 Å². The number of ether oxygens (including phenoxy) is 2. The molecule has 1 aromatic carbocycles. The number of Topliss-reactive ketones (excluding diaryl/α,β-unsaturated/α-hetero) is 1. The molecular formula is C18H19BrO5. The molecule has 1 aliphatic heterocycles. The quantitative estimate of drug-likeness (QED) is 0.445. The molecule has 128 valence electrons. The first-order valence-corrected chi connectivity index (χ1v) is 8.61.